The molecule has 3 N–H and O–H groups in total. The van der Waals surface area contributed by atoms with E-state index in [-0.39, 0.29) is 18.0 Å². The zero-order valence-corrected chi connectivity index (χ0v) is 25.7. The summed E-state index contributed by atoms with van der Waals surface area (Å²) in [4.78, 5) is 28.4. The molecule has 1 aliphatic heterocycles. The molecule has 1 amide bonds. The summed E-state index contributed by atoms with van der Waals surface area (Å²) in [6, 6.07) is 20.2. The number of ether oxygens (including phenoxy) is 2. The fraction of sp³-hybridized carbons (Fsp3) is 0.364. The van der Waals surface area contributed by atoms with Crippen LogP contribution in [0.5, 0.6) is 11.5 Å². The van der Waals surface area contributed by atoms with Crippen molar-refractivity contribution in [2.24, 2.45) is 5.73 Å². The molecule has 222 valence electrons. The van der Waals surface area contributed by atoms with Gasteiger partial charge in [0.1, 0.15) is 11.5 Å². The summed E-state index contributed by atoms with van der Waals surface area (Å²) in [5.41, 5.74) is 6.77. The second kappa shape index (κ2) is 13.3. The predicted molar refractivity (Wildman–Crippen MR) is 168 cm³/mol. The van der Waals surface area contributed by atoms with Gasteiger partial charge in [0.15, 0.2) is 0 Å². The number of piperidine rings is 1. The van der Waals surface area contributed by atoms with Crippen molar-refractivity contribution in [1.82, 2.24) is 4.90 Å². The van der Waals surface area contributed by atoms with E-state index < -0.39 is 16.6 Å². The van der Waals surface area contributed by atoms with E-state index in [1.165, 1.54) is 7.11 Å². The van der Waals surface area contributed by atoms with E-state index in [1.54, 1.807) is 31.4 Å². The number of amides is 1. The van der Waals surface area contributed by atoms with Crippen LogP contribution in [0.4, 0.5) is 0 Å². The lowest BCUT2D eigenvalue weighted by atomic mass is 9.71. The highest BCUT2D eigenvalue weighted by Gasteiger charge is 2.42. The molecule has 4 rings (SSSR count). The van der Waals surface area contributed by atoms with Gasteiger partial charge in [-0.3, -0.25) is 9.59 Å². The summed E-state index contributed by atoms with van der Waals surface area (Å²) < 4.78 is 10.7. The zero-order valence-electron chi connectivity index (χ0n) is 24.2. The first kappa shape index (κ1) is 31.5. The summed E-state index contributed by atoms with van der Waals surface area (Å²) in [6.45, 7) is 4.15. The Morgan fingerprint density at radius 1 is 0.976 bits per heavy atom. The summed E-state index contributed by atoms with van der Waals surface area (Å²) in [5, 5.41) is 9.72. The lowest BCUT2D eigenvalue weighted by molar-refractivity contribution is -0.125. The number of nitrogens with two attached hydrogens (primary N) is 1. The summed E-state index contributed by atoms with van der Waals surface area (Å²) in [5.74, 6) is 0.206. The number of hydrogen-bond acceptors (Lipinski definition) is 6. The number of halogens is 2. The standard InChI is InChI=1S/C33H37Cl2N3O4/c1-32(23-9-12-26(34)27(35)19-23,21-28(36)30(39)25-11-10-24(41-2)20-29(25)42-3)13-16-38-17-14-33(15-18-38,31(37)40)22-7-5-4-6-8-22/h4-12,19-20,36H,13-18,21H2,1-3H3,(H2,37,40). The first-order valence-electron chi connectivity index (χ1n) is 13.9. The molecule has 3 aromatic carbocycles. The van der Waals surface area contributed by atoms with Crippen molar-refractivity contribution in [3.63, 3.8) is 0 Å². The van der Waals surface area contributed by atoms with Gasteiger partial charge in [0.2, 0.25) is 11.7 Å². The number of carbonyl (C=O) groups is 2. The van der Waals surface area contributed by atoms with Crippen LogP contribution in [0.25, 0.3) is 0 Å². The van der Waals surface area contributed by atoms with Crippen molar-refractivity contribution in [3.8, 4) is 11.5 Å². The number of benzene rings is 3. The van der Waals surface area contributed by atoms with E-state index in [4.69, 9.17) is 43.8 Å². The van der Waals surface area contributed by atoms with Gasteiger partial charge in [-0.25, -0.2) is 0 Å². The molecule has 3 aromatic rings. The molecule has 0 bridgehead atoms. The Labute approximate surface area is 257 Å². The molecular weight excluding hydrogens is 573 g/mol. The molecule has 42 heavy (non-hydrogen) atoms. The quantitative estimate of drug-likeness (QED) is 0.181. The van der Waals surface area contributed by atoms with Crippen LogP contribution in [0, 0.1) is 5.41 Å². The van der Waals surface area contributed by atoms with Gasteiger partial charge in [0, 0.05) is 12.5 Å². The second-order valence-corrected chi connectivity index (χ2v) is 12.0. The smallest absolute Gasteiger partial charge is 0.228 e. The lowest BCUT2D eigenvalue weighted by Gasteiger charge is -2.41. The molecule has 0 aromatic heterocycles. The number of nitrogens with zero attached hydrogens (tertiary/aromatic N) is 1. The third kappa shape index (κ3) is 6.64. The average Bonchev–Trinajstić information content (AvgIpc) is 3.01. The average molecular weight is 611 g/mol. The van der Waals surface area contributed by atoms with Gasteiger partial charge in [-0.15, -0.1) is 0 Å². The van der Waals surface area contributed by atoms with Crippen molar-refractivity contribution in [3.05, 3.63) is 93.5 Å². The molecule has 9 heteroatoms. The Balaban J connectivity index is 1.54. The molecular formula is C33H37Cl2N3O4. The Hall–Kier alpha value is -3.39. The largest absolute Gasteiger partial charge is 0.497 e. The van der Waals surface area contributed by atoms with Gasteiger partial charge in [-0.1, -0.05) is 66.5 Å². The minimum Gasteiger partial charge on any atom is -0.497 e. The first-order valence-corrected chi connectivity index (χ1v) is 14.7. The van der Waals surface area contributed by atoms with Gasteiger partial charge in [-0.2, -0.15) is 0 Å². The monoisotopic (exact) mass is 609 g/mol. The third-order valence-corrected chi connectivity index (χ3v) is 9.34. The van der Waals surface area contributed by atoms with E-state index in [0.717, 1.165) is 11.1 Å². The molecule has 0 spiro atoms. The van der Waals surface area contributed by atoms with E-state index >= 15 is 0 Å². The minimum absolute atomic E-state index is 0.0393. The molecule has 1 unspecified atom stereocenters. The number of carbonyl (C=O) groups excluding carboxylic acids is 2. The van der Waals surface area contributed by atoms with E-state index in [2.05, 4.69) is 4.90 Å². The maximum atomic E-state index is 13.5. The fourth-order valence-corrected chi connectivity index (χ4v) is 6.12. The molecule has 0 radical (unpaired) electrons. The van der Waals surface area contributed by atoms with Crippen LogP contribution < -0.4 is 15.2 Å². The number of rotatable bonds is 12. The topological polar surface area (TPSA) is 106 Å². The Morgan fingerprint density at radius 3 is 2.26 bits per heavy atom. The lowest BCUT2D eigenvalue weighted by Crippen LogP contribution is -2.50. The van der Waals surface area contributed by atoms with Crippen LogP contribution in [0.3, 0.4) is 0 Å². The number of Topliss-reactive ketones (excluding diaryl/α,β-unsaturated/α-hetero) is 1. The van der Waals surface area contributed by atoms with Crippen molar-refractivity contribution >= 4 is 40.6 Å². The van der Waals surface area contributed by atoms with Crippen LogP contribution in [-0.2, 0) is 15.6 Å². The van der Waals surface area contributed by atoms with Crippen molar-refractivity contribution in [1.29, 1.82) is 5.41 Å². The normalized spacial score (nSPS) is 16.3. The highest BCUT2D eigenvalue weighted by Crippen LogP contribution is 2.39. The molecule has 0 aliphatic carbocycles. The maximum absolute atomic E-state index is 13.5. The molecule has 1 saturated heterocycles. The second-order valence-electron chi connectivity index (χ2n) is 11.1. The summed E-state index contributed by atoms with van der Waals surface area (Å²) in [6.07, 6.45) is 2.08. The van der Waals surface area contributed by atoms with Gasteiger partial charge in [-0.05, 0) is 79.7 Å². The Morgan fingerprint density at radius 2 is 1.67 bits per heavy atom. The van der Waals surface area contributed by atoms with Gasteiger partial charge in [0.05, 0.1) is 41.0 Å². The molecule has 1 atom stereocenters. The number of likely N-dealkylation sites (tertiary alicyclic amines) is 1. The Kier molecular flexibility index (Phi) is 9.97. The van der Waals surface area contributed by atoms with Crippen LogP contribution in [0.1, 0.15) is 54.1 Å². The van der Waals surface area contributed by atoms with Crippen LogP contribution in [0.15, 0.2) is 66.7 Å². The van der Waals surface area contributed by atoms with E-state index in [1.807, 2.05) is 49.4 Å². The highest BCUT2D eigenvalue weighted by molar-refractivity contribution is 6.45. The van der Waals surface area contributed by atoms with Crippen molar-refractivity contribution in [2.75, 3.05) is 33.9 Å². The first-order chi connectivity index (χ1) is 20.0. The molecule has 7 nitrogen and oxygen atoms in total. The van der Waals surface area contributed by atoms with Crippen LogP contribution in [0.2, 0.25) is 10.0 Å². The molecule has 0 saturated carbocycles. The fourth-order valence-electron chi connectivity index (χ4n) is 5.82. The number of hydrogen-bond donors (Lipinski definition) is 2. The van der Waals surface area contributed by atoms with Gasteiger partial charge >= 0.3 is 0 Å². The zero-order chi connectivity index (χ0) is 30.5. The minimum atomic E-state index is -0.684. The number of ketones is 1. The van der Waals surface area contributed by atoms with E-state index in [0.29, 0.717) is 66.0 Å². The van der Waals surface area contributed by atoms with Gasteiger partial charge in [0.25, 0.3) is 0 Å². The van der Waals surface area contributed by atoms with E-state index in [9.17, 15) is 9.59 Å². The molecule has 1 aliphatic rings. The summed E-state index contributed by atoms with van der Waals surface area (Å²) in [7, 11) is 3.02. The Bertz CT molecular complexity index is 1450. The number of methoxy groups -OCH3 is 2. The van der Waals surface area contributed by atoms with Crippen molar-refractivity contribution < 1.29 is 19.1 Å². The predicted octanol–water partition coefficient (Wildman–Crippen LogP) is 6.47. The molecule has 1 heterocycles. The number of nitrogens with one attached hydrogen (secondary N) is 1. The SMILES string of the molecule is COc1ccc(C(=O)C(=N)CC(C)(CCN2CCC(C(N)=O)(c3ccccc3)CC2)c2ccc(Cl)c(Cl)c2)c(OC)c1. The van der Waals surface area contributed by atoms with Gasteiger partial charge < -0.3 is 25.5 Å². The highest BCUT2D eigenvalue weighted by atomic mass is 35.5. The third-order valence-electron chi connectivity index (χ3n) is 8.60. The van der Waals surface area contributed by atoms with Crippen molar-refractivity contribution in [2.45, 2.75) is 43.4 Å². The number of primary amides is 1. The van der Waals surface area contributed by atoms with Crippen LogP contribution in [-0.4, -0.2) is 56.2 Å². The van der Waals surface area contributed by atoms with Crippen LogP contribution >= 0.6 is 23.2 Å². The molecule has 1 fully saturated rings. The maximum Gasteiger partial charge on any atom is 0.228 e. The summed E-state index contributed by atoms with van der Waals surface area (Å²) >= 11 is 12.6.